The number of hydrogen-bond acceptors (Lipinski definition) is 3. The van der Waals surface area contributed by atoms with E-state index in [4.69, 9.17) is 4.99 Å². The van der Waals surface area contributed by atoms with Gasteiger partial charge in [-0.1, -0.05) is 37.4 Å². The average molecular weight is 354 g/mol. The zero-order valence-electron chi connectivity index (χ0n) is 15.3. The molecular weight excluding hydrogens is 326 g/mol. The number of thioether (sulfide) groups is 1. The molecule has 0 aromatic heterocycles. The van der Waals surface area contributed by atoms with Gasteiger partial charge in [-0.05, 0) is 62.8 Å². The average Bonchev–Trinajstić information content (AvgIpc) is 3.35. The minimum absolute atomic E-state index is 0.369. The fraction of sp³-hybridized carbons (Fsp3) is 0.619. The van der Waals surface area contributed by atoms with E-state index in [9.17, 15) is 5.26 Å². The lowest BCUT2D eigenvalue weighted by molar-refractivity contribution is 0.163. The van der Waals surface area contributed by atoms with Gasteiger partial charge in [0.1, 0.15) is 0 Å². The molecule has 4 heteroatoms. The van der Waals surface area contributed by atoms with Gasteiger partial charge in [0.25, 0.3) is 0 Å². The highest BCUT2D eigenvalue weighted by molar-refractivity contribution is 8.14. The second-order valence-corrected chi connectivity index (χ2v) is 8.86. The molecule has 0 radical (unpaired) electrons. The maximum absolute atomic E-state index is 9.24. The van der Waals surface area contributed by atoms with Crippen molar-refractivity contribution < 1.29 is 0 Å². The Morgan fingerprint density at radius 2 is 1.84 bits per heavy atom. The molecular formula is C21H27N3S. The van der Waals surface area contributed by atoms with E-state index >= 15 is 0 Å². The van der Waals surface area contributed by atoms with Gasteiger partial charge >= 0.3 is 0 Å². The fourth-order valence-corrected chi connectivity index (χ4v) is 6.37. The highest BCUT2D eigenvalue weighted by Crippen LogP contribution is 2.48. The summed E-state index contributed by atoms with van der Waals surface area (Å²) in [6.07, 6.45) is 10.8. The molecule has 1 aromatic rings. The molecule has 1 spiro atoms. The smallest absolute Gasteiger partial charge is 0.165 e. The van der Waals surface area contributed by atoms with Crippen LogP contribution in [-0.2, 0) is 0 Å². The van der Waals surface area contributed by atoms with Crippen LogP contribution >= 0.6 is 11.8 Å². The van der Waals surface area contributed by atoms with Crippen molar-refractivity contribution in [1.82, 2.24) is 4.90 Å². The third-order valence-electron chi connectivity index (χ3n) is 6.51. The molecule has 1 aromatic carbocycles. The fourth-order valence-electron chi connectivity index (χ4n) is 4.90. The molecule has 2 saturated carbocycles. The molecule has 1 aliphatic heterocycles. The molecule has 0 bridgehead atoms. The Balaban J connectivity index is 1.72. The van der Waals surface area contributed by atoms with E-state index in [0.29, 0.717) is 11.6 Å². The van der Waals surface area contributed by atoms with Gasteiger partial charge in [-0.3, -0.25) is 0 Å². The van der Waals surface area contributed by atoms with E-state index in [2.05, 4.69) is 17.9 Å². The van der Waals surface area contributed by atoms with Crippen molar-refractivity contribution in [2.24, 2.45) is 4.99 Å². The van der Waals surface area contributed by atoms with Crippen LogP contribution in [-0.4, -0.2) is 27.4 Å². The Morgan fingerprint density at radius 3 is 2.52 bits per heavy atom. The lowest BCUT2D eigenvalue weighted by Crippen LogP contribution is -2.50. The first-order valence-corrected chi connectivity index (χ1v) is 10.6. The predicted molar refractivity (Wildman–Crippen MR) is 105 cm³/mol. The number of benzene rings is 1. The Bertz CT molecular complexity index is 734. The summed E-state index contributed by atoms with van der Waals surface area (Å²) < 4.78 is 0. The molecule has 4 rings (SSSR count). The molecule has 1 saturated heterocycles. The maximum Gasteiger partial charge on any atom is 0.165 e. The molecule has 3 nitrogen and oxygen atoms in total. The standard InChI is InChI=1S/C21H27N3S/c1-15-16(2)19(10-9-17(15)13-22)23-20-24(18-7-3-4-8-18)21(14-25-20)11-5-6-12-21/h9-10,18H,3-8,11-12,14H2,1-2H3. The normalized spacial score (nSPS) is 24.5. The summed E-state index contributed by atoms with van der Waals surface area (Å²) in [5.41, 5.74) is 4.38. The third kappa shape index (κ3) is 2.87. The van der Waals surface area contributed by atoms with Crippen LogP contribution < -0.4 is 0 Å². The largest absolute Gasteiger partial charge is 0.342 e. The quantitative estimate of drug-likeness (QED) is 0.708. The number of aliphatic imine (C=N–C) groups is 1. The third-order valence-corrected chi connectivity index (χ3v) is 7.73. The number of rotatable bonds is 2. The summed E-state index contributed by atoms with van der Waals surface area (Å²) in [7, 11) is 0. The zero-order valence-corrected chi connectivity index (χ0v) is 16.2. The molecule has 25 heavy (non-hydrogen) atoms. The van der Waals surface area contributed by atoms with Crippen LogP contribution in [0.3, 0.4) is 0 Å². The Labute approximate surface area is 155 Å². The number of nitrogens with zero attached hydrogens (tertiary/aromatic N) is 3. The van der Waals surface area contributed by atoms with Crippen molar-refractivity contribution in [3.8, 4) is 6.07 Å². The second kappa shape index (κ2) is 6.68. The van der Waals surface area contributed by atoms with E-state index in [-0.39, 0.29) is 0 Å². The Kier molecular flexibility index (Phi) is 4.54. The van der Waals surface area contributed by atoms with Crippen molar-refractivity contribution in [1.29, 1.82) is 5.26 Å². The summed E-state index contributed by atoms with van der Waals surface area (Å²) in [5, 5.41) is 10.5. The summed E-state index contributed by atoms with van der Waals surface area (Å²) in [6, 6.07) is 6.92. The van der Waals surface area contributed by atoms with Gasteiger partial charge in [-0.25, -0.2) is 4.99 Å². The van der Waals surface area contributed by atoms with E-state index in [1.807, 2.05) is 30.8 Å². The zero-order chi connectivity index (χ0) is 17.4. The van der Waals surface area contributed by atoms with Gasteiger partial charge in [0.15, 0.2) is 5.17 Å². The maximum atomic E-state index is 9.24. The Morgan fingerprint density at radius 1 is 1.12 bits per heavy atom. The molecule has 0 unspecified atom stereocenters. The first kappa shape index (κ1) is 17.0. The molecule has 0 atom stereocenters. The summed E-state index contributed by atoms with van der Waals surface area (Å²) in [4.78, 5) is 7.88. The van der Waals surface area contributed by atoms with Crippen LogP contribution in [0.5, 0.6) is 0 Å². The molecule has 1 heterocycles. The van der Waals surface area contributed by atoms with Gasteiger partial charge in [0, 0.05) is 11.8 Å². The van der Waals surface area contributed by atoms with Crippen LogP contribution in [0.2, 0.25) is 0 Å². The highest BCUT2D eigenvalue weighted by atomic mass is 32.2. The number of amidine groups is 1. The monoisotopic (exact) mass is 353 g/mol. The molecule has 3 fully saturated rings. The van der Waals surface area contributed by atoms with Gasteiger partial charge in [-0.2, -0.15) is 5.26 Å². The minimum Gasteiger partial charge on any atom is -0.342 e. The van der Waals surface area contributed by atoms with Crippen LogP contribution in [0.1, 0.15) is 68.1 Å². The molecule has 0 N–H and O–H groups in total. The van der Waals surface area contributed by atoms with Crippen molar-refractivity contribution in [2.45, 2.75) is 76.8 Å². The molecule has 3 aliphatic rings. The summed E-state index contributed by atoms with van der Waals surface area (Å²) in [6.45, 7) is 4.13. The van der Waals surface area contributed by atoms with Crippen LogP contribution in [0.15, 0.2) is 17.1 Å². The van der Waals surface area contributed by atoms with Gasteiger partial charge in [0.05, 0.1) is 22.9 Å². The van der Waals surface area contributed by atoms with Gasteiger partial charge in [0.2, 0.25) is 0 Å². The minimum atomic E-state index is 0.369. The van der Waals surface area contributed by atoms with Crippen molar-refractivity contribution in [3.63, 3.8) is 0 Å². The van der Waals surface area contributed by atoms with Crippen molar-refractivity contribution in [2.75, 3.05) is 5.75 Å². The van der Waals surface area contributed by atoms with E-state index < -0.39 is 0 Å². The lowest BCUT2D eigenvalue weighted by Gasteiger charge is -2.40. The molecule has 2 aliphatic carbocycles. The first-order chi connectivity index (χ1) is 12.1. The number of nitriles is 1. The van der Waals surface area contributed by atoms with Gasteiger partial charge < -0.3 is 4.90 Å². The molecule has 0 amide bonds. The predicted octanol–water partition coefficient (Wildman–Crippen LogP) is 5.47. The summed E-state index contributed by atoms with van der Waals surface area (Å²) >= 11 is 1.96. The topological polar surface area (TPSA) is 39.4 Å². The number of hydrogen-bond donors (Lipinski definition) is 0. The van der Waals surface area contributed by atoms with E-state index in [0.717, 1.165) is 22.4 Å². The van der Waals surface area contributed by atoms with Gasteiger partial charge in [-0.15, -0.1) is 0 Å². The highest BCUT2D eigenvalue weighted by Gasteiger charge is 2.49. The Hall–Kier alpha value is -1.47. The van der Waals surface area contributed by atoms with Crippen LogP contribution in [0, 0.1) is 25.2 Å². The first-order valence-electron chi connectivity index (χ1n) is 9.66. The lowest BCUT2D eigenvalue weighted by atomic mass is 9.95. The summed E-state index contributed by atoms with van der Waals surface area (Å²) in [5.74, 6) is 1.21. The van der Waals surface area contributed by atoms with Crippen LogP contribution in [0.4, 0.5) is 5.69 Å². The van der Waals surface area contributed by atoms with E-state index in [1.54, 1.807) is 0 Å². The molecule has 132 valence electrons. The SMILES string of the molecule is Cc1c(C#N)ccc(N=C2SCC3(CCCC3)N2C2CCCC2)c1C. The second-order valence-electron chi connectivity index (χ2n) is 7.92. The van der Waals surface area contributed by atoms with Crippen molar-refractivity contribution in [3.05, 3.63) is 28.8 Å². The van der Waals surface area contributed by atoms with Crippen molar-refractivity contribution >= 4 is 22.6 Å². The van der Waals surface area contributed by atoms with Crippen LogP contribution in [0.25, 0.3) is 0 Å². The van der Waals surface area contributed by atoms with E-state index in [1.165, 1.54) is 62.3 Å².